The second-order valence-corrected chi connectivity index (χ2v) is 4.38. The van der Waals surface area contributed by atoms with Crippen molar-refractivity contribution in [1.82, 2.24) is 15.5 Å². The lowest BCUT2D eigenvalue weighted by molar-refractivity contribution is 0.0907. The van der Waals surface area contributed by atoms with Crippen molar-refractivity contribution < 1.29 is 9.53 Å². The predicted molar refractivity (Wildman–Crippen MR) is 63.6 cm³/mol. The smallest absolute Gasteiger partial charge is 0.257 e. The number of nitrogens with zero attached hydrogens (tertiary/aromatic N) is 1. The number of H-pyrrole nitrogens is 1. The maximum absolute atomic E-state index is 11.8. The van der Waals surface area contributed by atoms with Crippen LogP contribution in [0.3, 0.4) is 0 Å². The van der Waals surface area contributed by atoms with Crippen molar-refractivity contribution in [3.05, 3.63) is 11.3 Å². The molecule has 1 heterocycles. The van der Waals surface area contributed by atoms with Crippen LogP contribution < -0.4 is 11.1 Å². The Morgan fingerprint density at radius 1 is 1.65 bits per heavy atom. The predicted octanol–water partition coefficient (Wildman–Crippen LogP) is 0.457. The van der Waals surface area contributed by atoms with Gasteiger partial charge in [-0.2, -0.15) is 5.10 Å². The first-order valence-corrected chi connectivity index (χ1v) is 5.85. The molecule has 0 spiro atoms. The molecule has 0 radical (unpaired) electrons. The van der Waals surface area contributed by atoms with Crippen LogP contribution in [0.2, 0.25) is 0 Å². The highest BCUT2D eigenvalue weighted by atomic mass is 16.5. The Kier molecular flexibility index (Phi) is 3.63. The molecule has 0 atom stereocenters. The highest BCUT2D eigenvalue weighted by molar-refractivity contribution is 5.99. The number of aryl methyl sites for hydroxylation is 1. The Balaban J connectivity index is 1.69. The number of hydrogen-bond donors (Lipinski definition) is 3. The number of nitrogens with one attached hydrogen (secondary N) is 2. The number of nitrogens with two attached hydrogens (primary N) is 1. The van der Waals surface area contributed by atoms with Crippen molar-refractivity contribution >= 4 is 11.7 Å². The summed E-state index contributed by atoms with van der Waals surface area (Å²) in [5.41, 5.74) is 6.69. The van der Waals surface area contributed by atoms with Crippen LogP contribution in [0.15, 0.2) is 0 Å². The number of carbonyl (C=O) groups excluding carboxylic acids is 1. The summed E-state index contributed by atoms with van der Waals surface area (Å²) in [6.45, 7) is 3.61. The lowest BCUT2D eigenvalue weighted by Gasteiger charge is -2.05. The molecule has 6 heteroatoms. The zero-order chi connectivity index (χ0) is 12.3. The quantitative estimate of drug-likeness (QED) is 0.627. The number of amides is 1. The van der Waals surface area contributed by atoms with E-state index in [2.05, 4.69) is 15.5 Å². The normalized spacial score (nSPS) is 14.9. The van der Waals surface area contributed by atoms with Gasteiger partial charge in [-0.05, 0) is 25.7 Å². The van der Waals surface area contributed by atoms with E-state index in [1.54, 1.807) is 6.92 Å². The van der Waals surface area contributed by atoms with E-state index in [0.29, 0.717) is 24.4 Å². The summed E-state index contributed by atoms with van der Waals surface area (Å²) in [6, 6.07) is 0. The molecule has 1 fully saturated rings. The molecule has 1 aromatic heterocycles. The molecule has 1 aliphatic carbocycles. The average Bonchev–Trinajstić information content (AvgIpc) is 3.04. The summed E-state index contributed by atoms with van der Waals surface area (Å²) >= 11 is 0. The van der Waals surface area contributed by atoms with Crippen LogP contribution >= 0.6 is 0 Å². The Morgan fingerprint density at radius 3 is 3.00 bits per heavy atom. The first-order chi connectivity index (χ1) is 8.18. The van der Waals surface area contributed by atoms with Crippen LogP contribution in [-0.4, -0.2) is 35.9 Å². The summed E-state index contributed by atoms with van der Waals surface area (Å²) in [6.07, 6.45) is 2.55. The number of carbonyl (C=O) groups is 1. The Morgan fingerprint density at radius 2 is 2.41 bits per heavy atom. The van der Waals surface area contributed by atoms with Gasteiger partial charge in [0.15, 0.2) is 5.82 Å². The third kappa shape index (κ3) is 3.20. The lowest BCUT2D eigenvalue weighted by atomic mass is 10.2. The molecule has 0 saturated heterocycles. The van der Waals surface area contributed by atoms with E-state index >= 15 is 0 Å². The van der Waals surface area contributed by atoms with Gasteiger partial charge in [-0.15, -0.1) is 0 Å². The number of nitrogen functional groups attached to an aromatic ring is 1. The van der Waals surface area contributed by atoms with Gasteiger partial charge in [-0.3, -0.25) is 9.89 Å². The van der Waals surface area contributed by atoms with Gasteiger partial charge in [0.1, 0.15) is 5.56 Å². The first kappa shape index (κ1) is 11.9. The van der Waals surface area contributed by atoms with Crippen molar-refractivity contribution in [2.24, 2.45) is 5.92 Å². The van der Waals surface area contributed by atoms with Gasteiger partial charge in [0, 0.05) is 18.8 Å². The van der Waals surface area contributed by atoms with Gasteiger partial charge < -0.3 is 15.8 Å². The highest BCUT2D eigenvalue weighted by Gasteiger charge is 2.21. The van der Waals surface area contributed by atoms with E-state index < -0.39 is 0 Å². The minimum absolute atomic E-state index is 0.205. The summed E-state index contributed by atoms with van der Waals surface area (Å²) < 4.78 is 5.42. The van der Waals surface area contributed by atoms with E-state index in [-0.39, 0.29) is 11.7 Å². The summed E-state index contributed by atoms with van der Waals surface area (Å²) in [7, 11) is 0. The van der Waals surface area contributed by atoms with E-state index in [9.17, 15) is 4.79 Å². The molecule has 94 valence electrons. The molecule has 6 nitrogen and oxygen atoms in total. The third-order valence-corrected chi connectivity index (χ3v) is 2.78. The van der Waals surface area contributed by atoms with Gasteiger partial charge in [0.2, 0.25) is 0 Å². The zero-order valence-electron chi connectivity index (χ0n) is 9.95. The topological polar surface area (TPSA) is 93.0 Å². The molecule has 1 aromatic rings. The monoisotopic (exact) mass is 238 g/mol. The third-order valence-electron chi connectivity index (χ3n) is 2.78. The number of aromatic nitrogens is 2. The minimum atomic E-state index is -0.205. The zero-order valence-corrected chi connectivity index (χ0v) is 9.95. The largest absolute Gasteiger partial charge is 0.382 e. The van der Waals surface area contributed by atoms with Crippen LogP contribution in [-0.2, 0) is 4.74 Å². The van der Waals surface area contributed by atoms with Crippen LogP contribution in [0.25, 0.3) is 0 Å². The number of anilines is 1. The van der Waals surface area contributed by atoms with E-state index in [4.69, 9.17) is 10.5 Å². The van der Waals surface area contributed by atoms with Gasteiger partial charge >= 0.3 is 0 Å². The minimum Gasteiger partial charge on any atom is -0.382 e. The second kappa shape index (κ2) is 5.18. The number of rotatable bonds is 6. The van der Waals surface area contributed by atoms with Crippen molar-refractivity contribution in [3.63, 3.8) is 0 Å². The Labute approximate surface area is 99.9 Å². The van der Waals surface area contributed by atoms with E-state index in [1.165, 1.54) is 12.8 Å². The summed E-state index contributed by atoms with van der Waals surface area (Å²) in [4.78, 5) is 11.8. The number of aromatic amines is 1. The average molecular weight is 238 g/mol. The van der Waals surface area contributed by atoms with E-state index in [0.717, 1.165) is 12.5 Å². The Hall–Kier alpha value is -1.56. The van der Waals surface area contributed by atoms with Crippen molar-refractivity contribution in [2.75, 3.05) is 25.5 Å². The van der Waals surface area contributed by atoms with Crippen LogP contribution in [0.1, 0.15) is 28.9 Å². The fourth-order valence-electron chi connectivity index (χ4n) is 1.59. The van der Waals surface area contributed by atoms with Crippen LogP contribution in [0.5, 0.6) is 0 Å². The van der Waals surface area contributed by atoms with Crippen molar-refractivity contribution in [1.29, 1.82) is 0 Å². The maximum atomic E-state index is 11.8. The fraction of sp³-hybridized carbons (Fsp3) is 0.636. The van der Waals surface area contributed by atoms with E-state index in [1.807, 2.05) is 0 Å². The lowest BCUT2D eigenvalue weighted by Crippen LogP contribution is -2.28. The highest BCUT2D eigenvalue weighted by Crippen LogP contribution is 2.28. The standard InChI is InChI=1S/C11H18N4O2/c1-7-9(10(12)15-14-7)11(16)13-4-5-17-6-8-2-3-8/h8H,2-6H2,1H3,(H,13,16)(H3,12,14,15). The summed E-state index contributed by atoms with van der Waals surface area (Å²) in [5, 5.41) is 9.21. The molecule has 2 rings (SSSR count). The van der Waals surface area contributed by atoms with Crippen molar-refractivity contribution in [2.45, 2.75) is 19.8 Å². The van der Waals surface area contributed by atoms with Gasteiger partial charge in [-0.1, -0.05) is 0 Å². The molecule has 0 aromatic carbocycles. The molecule has 1 amide bonds. The Bertz CT molecular complexity index is 379. The SMILES string of the molecule is Cc1[nH]nc(N)c1C(=O)NCCOCC1CC1. The van der Waals surface area contributed by atoms with Crippen LogP contribution in [0.4, 0.5) is 5.82 Å². The van der Waals surface area contributed by atoms with Gasteiger partial charge in [-0.25, -0.2) is 0 Å². The van der Waals surface area contributed by atoms with Crippen LogP contribution in [0, 0.1) is 12.8 Å². The molecule has 17 heavy (non-hydrogen) atoms. The molecular formula is C11H18N4O2. The molecule has 4 N–H and O–H groups in total. The number of ether oxygens (including phenoxy) is 1. The molecule has 1 aliphatic rings. The molecule has 0 bridgehead atoms. The number of hydrogen-bond acceptors (Lipinski definition) is 4. The fourth-order valence-corrected chi connectivity index (χ4v) is 1.59. The first-order valence-electron chi connectivity index (χ1n) is 5.85. The van der Waals surface area contributed by atoms with Gasteiger partial charge in [0.25, 0.3) is 5.91 Å². The molecular weight excluding hydrogens is 220 g/mol. The second-order valence-electron chi connectivity index (χ2n) is 4.38. The molecule has 0 unspecified atom stereocenters. The van der Waals surface area contributed by atoms with Gasteiger partial charge in [0.05, 0.1) is 6.61 Å². The molecule has 0 aliphatic heterocycles. The maximum Gasteiger partial charge on any atom is 0.257 e. The van der Waals surface area contributed by atoms with Crippen molar-refractivity contribution in [3.8, 4) is 0 Å². The summed E-state index contributed by atoms with van der Waals surface area (Å²) in [5.74, 6) is 0.778. The molecule has 1 saturated carbocycles.